The van der Waals surface area contributed by atoms with Crippen molar-refractivity contribution in [3.8, 4) is 0 Å². The lowest BCUT2D eigenvalue weighted by molar-refractivity contribution is 0.0596. The van der Waals surface area contributed by atoms with E-state index < -0.39 is 0 Å². The minimum absolute atomic E-state index is 0.244. The number of ether oxygens (including phenoxy) is 1. The van der Waals surface area contributed by atoms with Crippen LogP contribution in [0.1, 0.15) is 42.6 Å². The number of hydrogen-bond acceptors (Lipinski definition) is 3. The van der Waals surface area contributed by atoms with E-state index in [9.17, 15) is 4.79 Å². The second-order valence-electron chi connectivity index (χ2n) is 6.13. The van der Waals surface area contributed by atoms with E-state index in [2.05, 4.69) is 18.7 Å². The molecule has 3 nitrogen and oxygen atoms in total. The quantitative estimate of drug-likeness (QED) is 0.783. The summed E-state index contributed by atoms with van der Waals surface area (Å²) in [7, 11) is 1.43. The van der Waals surface area contributed by atoms with Gasteiger partial charge in [0.05, 0.1) is 12.7 Å². The third-order valence-electron chi connectivity index (χ3n) is 3.80. The Morgan fingerprint density at radius 3 is 2.79 bits per heavy atom. The number of benzene rings is 1. The van der Waals surface area contributed by atoms with Gasteiger partial charge in [-0.2, -0.15) is 0 Å². The number of nitrogens with zero attached hydrogens (tertiary/aromatic N) is 1. The minimum Gasteiger partial charge on any atom is -0.465 e. The van der Waals surface area contributed by atoms with Crippen LogP contribution in [0.2, 0.25) is 0 Å². The number of likely N-dealkylation sites (tertiary alicyclic amines) is 1. The van der Waals surface area contributed by atoms with Crippen molar-refractivity contribution < 1.29 is 9.53 Å². The molecule has 0 N–H and O–H groups in total. The van der Waals surface area contributed by atoms with Crippen LogP contribution in [0, 0.1) is 5.41 Å². The molecular formula is C16H23NO2. The van der Waals surface area contributed by atoms with Gasteiger partial charge in [0.1, 0.15) is 0 Å². The van der Waals surface area contributed by atoms with Crippen LogP contribution in [0.15, 0.2) is 24.3 Å². The predicted molar refractivity (Wildman–Crippen MR) is 76.1 cm³/mol. The number of carbonyl (C=O) groups is 1. The van der Waals surface area contributed by atoms with E-state index in [0.717, 1.165) is 25.2 Å². The fourth-order valence-electron chi connectivity index (χ4n) is 2.89. The van der Waals surface area contributed by atoms with E-state index in [1.807, 2.05) is 24.3 Å². The van der Waals surface area contributed by atoms with Crippen molar-refractivity contribution in [1.82, 2.24) is 4.90 Å². The number of methoxy groups -OCH3 is 1. The summed E-state index contributed by atoms with van der Waals surface area (Å²) in [6.45, 7) is 7.65. The average molecular weight is 261 g/mol. The van der Waals surface area contributed by atoms with E-state index in [-0.39, 0.29) is 5.97 Å². The molecule has 0 bridgehead atoms. The molecule has 3 heteroatoms. The molecular weight excluding hydrogens is 238 g/mol. The van der Waals surface area contributed by atoms with Crippen LogP contribution >= 0.6 is 0 Å². The van der Waals surface area contributed by atoms with Crippen LogP contribution in [-0.4, -0.2) is 31.1 Å². The summed E-state index contributed by atoms with van der Waals surface area (Å²) >= 11 is 0. The third kappa shape index (κ3) is 3.57. The Morgan fingerprint density at radius 2 is 2.11 bits per heavy atom. The smallest absolute Gasteiger partial charge is 0.338 e. The predicted octanol–water partition coefficient (Wildman–Crippen LogP) is 3.10. The summed E-state index contributed by atoms with van der Waals surface area (Å²) in [6.07, 6.45) is 2.51. The molecule has 0 atom stereocenters. The van der Waals surface area contributed by atoms with Crippen molar-refractivity contribution >= 4 is 5.97 Å². The molecule has 0 spiro atoms. The molecule has 0 radical (unpaired) electrons. The number of piperidine rings is 1. The molecule has 0 amide bonds. The van der Waals surface area contributed by atoms with Gasteiger partial charge in [-0.15, -0.1) is 0 Å². The van der Waals surface area contributed by atoms with Crippen LogP contribution in [0.25, 0.3) is 0 Å². The molecule has 1 heterocycles. The van der Waals surface area contributed by atoms with E-state index in [4.69, 9.17) is 4.74 Å². The number of rotatable bonds is 3. The van der Waals surface area contributed by atoms with Crippen molar-refractivity contribution in [3.63, 3.8) is 0 Å². The summed E-state index contributed by atoms with van der Waals surface area (Å²) in [6, 6.07) is 7.73. The molecule has 104 valence electrons. The lowest BCUT2D eigenvalue weighted by Gasteiger charge is -2.38. The van der Waals surface area contributed by atoms with Crippen molar-refractivity contribution in [2.75, 3.05) is 20.2 Å². The fourth-order valence-corrected chi connectivity index (χ4v) is 2.89. The largest absolute Gasteiger partial charge is 0.465 e. The van der Waals surface area contributed by atoms with Crippen molar-refractivity contribution in [3.05, 3.63) is 35.4 Å². The Morgan fingerprint density at radius 1 is 1.37 bits per heavy atom. The second-order valence-corrected chi connectivity index (χ2v) is 6.13. The molecule has 0 unspecified atom stereocenters. The molecule has 1 aliphatic heterocycles. The summed E-state index contributed by atoms with van der Waals surface area (Å²) in [5.41, 5.74) is 2.12. The summed E-state index contributed by atoms with van der Waals surface area (Å²) in [4.78, 5) is 14.2. The van der Waals surface area contributed by atoms with E-state index in [1.165, 1.54) is 20.0 Å². The lowest BCUT2D eigenvalue weighted by Crippen LogP contribution is -2.39. The molecule has 0 aliphatic carbocycles. The highest BCUT2D eigenvalue weighted by Crippen LogP contribution is 2.29. The zero-order chi connectivity index (χ0) is 13.9. The maximum absolute atomic E-state index is 11.8. The zero-order valence-electron chi connectivity index (χ0n) is 12.1. The number of hydrogen-bond donors (Lipinski definition) is 0. The first-order chi connectivity index (χ1) is 9.02. The SMILES string of the molecule is COC(=O)c1ccccc1CN1CCCC(C)(C)C1. The standard InChI is InChI=1S/C16H23NO2/c1-16(2)9-6-10-17(12-16)11-13-7-4-5-8-14(13)15(18)19-3/h4-5,7-8H,6,9-12H2,1-3H3. The van der Waals surface area contributed by atoms with E-state index in [0.29, 0.717) is 11.0 Å². The normalized spacial score (nSPS) is 19.1. The molecule has 1 aromatic rings. The first kappa shape index (κ1) is 14.1. The van der Waals surface area contributed by atoms with Crippen LogP contribution in [-0.2, 0) is 11.3 Å². The molecule has 1 fully saturated rings. The molecule has 0 aromatic heterocycles. The van der Waals surface area contributed by atoms with Crippen LogP contribution < -0.4 is 0 Å². The van der Waals surface area contributed by atoms with Crippen molar-refractivity contribution in [2.24, 2.45) is 5.41 Å². The number of carbonyl (C=O) groups excluding carboxylic acids is 1. The molecule has 1 aliphatic rings. The minimum atomic E-state index is -0.244. The Bertz CT molecular complexity index is 454. The molecule has 19 heavy (non-hydrogen) atoms. The van der Waals surface area contributed by atoms with Gasteiger partial charge in [0.15, 0.2) is 0 Å². The molecule has 1 aromatic carbocycles. The Balaban J connectivity index is 2.13. The maximum Gasteiger partial charge on any atom is 0.338 e. The first-order valence-electron chi connectivity index (χ1n) is 6.90. The van der Waals surface area contributed by atoms with Gasteiger partial charge in [0.2, 0.25) is 0 Å². The zero-order valence-corrected chi connectivity index (χ0v) is 12.1. The van der Waals surface area contributed by atoms with Gasteiger partial charge in [-0.1, -0.05) is 32.0 Å². The fraction of sp³-hybridized carbons (Fsp3) is 0.562. The summed E-state index contributed by atoms with van der Waals surface area (Å²) in [5.74, 6) is -0.244. The van der Waals surface area contributed by atoms with Crippen molar-refractivity contribution in [2.45, 2.75) is 33.2 Å². The van der Waals surface area contributed by atoms with Crippen LogP contribution in [0.5, 0.6) is 0 Å². The van der Waals surface area contributed by atoms with Crippen LogP contribution in [0.4, 0.5) is 0 Å². The van der Waals surface area contributed by atoms with Crippen LogP contribution in [0.3, 0.4) is 0 Å². The van der Waals surface area contributed by atoms with E-state index in [1.54, 1.807) is 0 Å². The Kier molecular flexibility index (Phi) is 4.25. The highest BCUT2D eigenvalue weighted by atomic mass is 16.5. The van der Waals surface area contributed by atoms with Gasteiger partial charge >= 0.3 is 5.97 Å². The third-order valence-corrected chi connectivity index (χ3v) is 3.80. The highest BCUT2D eigenvalue weighted by molar-refractivity contribution is 5.90. The van der Waals surface area contributed by atoms with Gasteiger partial charge in [-0.05, 0) is 36.4 Å². The molecule has 1 saturated heterocycles. The number of esters is 1. The lowest BCUT2D eigenvalue weighted by atomic mass is 9.84. The molecule has 2 rings (SSSR count). The second kappa shape index (κ2) is 5.74. The highest BCUT2D eigenvalue weighted by Gasteiger charge is 2.26. The topological polar surface area (TPSA) is 29.5 Å². The Labute approximate surface area is 115 Å². The summed E-state index contributed by atoms with van der Waals surface area (Å²) < 4.78 is 4.85. The monoisotopic (exact) mass is 261 g/mol. The maximum atomic E-state index is 11.8. The van der Waals surface area contributed by atoms with Gasteiger partial charge in [0, 0.05) is 13.1 Å². The van der Waals surface area contributed by atoms with Gasteiger partial charge in [-0.3, -0.25) is 4.90 Å². The van der Waals surface area contributed by atoms with Crippen molar-refractivity contribution in [1.29, 1.82) is 0 Å². The first-order valence-corrected chi connectivity index (χ1v) is 6.90. The van der Waals surface area contributed by atoms with Gasteiger partial charge in [-0.25, -0.2) is 4.79 Å². The Hall–Kier alpha value is -1.35. The van der Waals surface area contributed by atoms with E-state index >= 15 is 0 Å². The average Bonchev–Trinajstić information content (AvgIpc) is 2.37. The molecule has 0 saturated carbocycles. The van der Waals surface area contributed by atoms with Gasteiger partial charge < -0.3 is 4.74 Å². The van der Waals surface area contributed by atoms with Gasteiger partial charge in [0.25, 0.3) is 0 Å². The summed E-state index contributed by atoms with van der Waals surface area (Å²) in [5, 5.41) is 0.